The second-order valence-corrected chi connectivity index (χ2v) is 14.4. The van der Waals surface area contributed by atoms with Gasteiger partial charge in [0.05, 0.1) is 39.8 Å². The summed E-state index contributed by atoms with van der Waals surface area (Å²) in [6, 6.07) is 18.0. The summed E-state index contributed by atoms with van der Waals surface area (Å²) >= 11 is 6.60. The van der Waals surface area contributed by atoms with Gasteiger partial charge >= 0.3 is 0 Å². The van der Waals surface area contributed by atoms with Crippen molar-refractivity contribution in [3.05, 3.63) is 112 Å². The molecule has 2 aromatic heterocycles. The van der Waals surface area contributed by atoms with Crippen molar-refractivity contribution < 1.29 is 27.1 Å². The van der Waals surface area contributed by atoms with Gasteiger partial charge in [-0.05, 0) is 74.6 Å². The maximum atomic E-state index is 14.4. The Morgan fingerprint density at radius 3 is 2.33 bits per heavy atom. The van der Waals surface area contributed by atoms with Crippen molar-refractivity contribution in [1.82, 2.24) is 20.1 Å². The van der Waals surface area contributed by atoms with Crippen molar-refractivity contribution in [2.75, 3.05) is 11.0 Å². The number of hydrogen-bond donors (Lipinski definition) is 3. The van der Waals surface area contributed by atoms with Crippen molar-refractivity contribution >= 4 is 44.3 Å². The first-order valence-electron chi connectivity index (χ1n) is 15.2. The standard InChI is InChI=1S/C36H34ClF2N5O4S/c1-21(23-9-7-6-8-10-23)35(45)41-30(19-22-17-24(38)20-25(39)18-22)32-27(12-11-26(40-32)15-16-36(2,3)46)28-13-14-29(37)31-33(28)44(4)42-34(31)43-49(5,47)48/h6-14,17-18,20-21,30,46H,19H2,1-5H3,(H,41,45)(H,42,43)/t21?,30-/m0/s1. The van der Waals surface area contributed by atoms with E-state index in [0.717, 1.165) is 17.9 Å². The van der Waals surface area contributed by atoms with Crippen LogP contribution in [0.5, 0.6) is 0 Å². The highest BCUT2D eigenvalue weighted by Gasteiger charge is 2.27. The van der Waals surface area contributed by atoms with Crippen molar-refractivity contribution in [2.45, 2.75) is 44.8 Å². The van der Waals surface area contributed by atoms with E-state index in [4.69, 9.17) is 16.6 Å². The molecular formula is C36H34ClF2N5O4S. The monoisotopic (exact) mass is 705 g/mol. The summed E-state index contributed by atoms with van der Waals surface area (Å²) in [6.45, 7) is 4.80. The topological polar surface area (TPSA) is 126 Å². The van der Waals surface area contributed by atoms with E-state index in [9.17, 15) is 27.1 Å². The quantitative estimate of drug-likeness (QED) is 0.155. The SMILES string of the molecule is CC(C(=O)N[C@@H](Cc1cc(F)cc(F)c1)c1nc(C#CC(C)(C)O)ccc1-c1ccc(Cl)c2c(NS(C)(=O)=O)nn(C)c12)c1ccccc1. The van der Waals surface area contributed by atoms with Crippen molar-refractivity contribution in [2.24, 2.45) is 7.05 Å². The predicted molar refractivity (Wildman–Crippen MR) is 186 cm³/mol. The summed E-state index contributed by atoms with van der Waals surface area (Å²) in [6.07, 6.45) is 0.937. The Hall–Kier alpha value is -4.83. The number of amides is 1. The molecule has 0 aliphatic rings. The lowest BCUT2D eigenvalue weighted by Gasteiger charge is -2.24. The molecule has 1 unspecified atom stereocenters. The Bertz CT molecular complexity index is 2210. The van der Waals surface area contributed by atoms with Crippen LogP contribution in [0.3, 0.4) is 0 Å². The van der Waals surface area contributed by atoms with E-state index in [1.54, 1.807) is 38.2 Å². The molecule has 0 saturated carbocycles. The highest BCUT2D eigenvalue weighted by molar-refractivity contribution is 7.92. The number of aryl methyl sites for hydroxylation is 1. The maximum Gasteiger partial charge on any atom is 0.231 e. The molecule has 0 aliphatic carbocycles. The summed E-state index contributed by atoms with van der Waals surface area (Å²) in [7, 11) is -2.10. The molecule has 0 fully saturated rings. The molecule has 3 N–H and O–H groups in total. The molecule has 5 rings (SSSR count). The number of aromatic nitrogens is 3. The fraction of sp³-hybridized carbons (Fsp3) is 0.250. The highest BCUT2D eigenvalue weighted by atomic mass is 35.5. The van der Waals surface area contributed by atoms with Gasteiger partial charge in [-0.3, -0.25) is 14.2 Å². The molecule has 0 spiro atoms. The zero-order chi connectivity index (χ0) is 35.7. The Kier molecular flexibility index (Phi) is 10.1. The number of carbonyl (C=O) groups excluding carboxylic acids is 1. The first-order valence-corrected chi connectivity index (χ1v) is 17.5. The molecule has 9 nitrogen and oxygen atoms in total. The molecule has 0 bridgehead atoms. The number of pyridine rings is 1. The molecule has 3 aromatic carbocycles. The number of hydrogen-bond acceptors (Lipinski definition) is 6. The number of fused-ring (bicyclic) bond motifs is 1. The summed E-state index contributed by atoms with van der Waals surface area (Å²) in [4.78, 5) is 18.7. The fourth-order valence-corrected chi connectivity index (χ4v) is 6.20. The van der Waals surface area contributed by atoms with Crippen molar-refractivity contribution in [3.63, 3.8) is 0 Å². The van der Waals surface area contributed by atoms with Gasteiger partial charge in [-0.25, -0.2) is 22.2 Å². The number of anilines is 1. The molecule has 49 heavy (non-hydrogen) atoms. The third-order valence-corrected chi connectivity index (χ3v) is 8.51. The smallest absolute Gasteiger partial charge is 0.231 e. The molecule has 1 amide bonds. The van der Waals surface area contributed by atoms with Crippen molar-refractivity contribution in [1.29, 1.82) is 0 Å². The lowest BCUT2D eigenvalue weighted by molar-refractivity contribution is -0.123. The lowest BCUT2D eigenvalue weighted by atomic mass is 9.92. The van der Waals surface area contributed by atoms with E-state index in [0.29, 0.717) is 27.7 Å². The lowest BCUT2D eigenvalue weighted by Crippen LogP contribution is -2.34. The number of rotatable bonds is 9. The van der Waals surface area contributed by atoms with E-state index in [1.165, 1.54) is 30.7 Å². The molecule has 2 heterocycles. The van der Waals surface area contributed by atoms with E-state index >= 15 is 0 Å². The van der Waals surface area contributed by atoms with Crippen LogP contribution in [0, 0.1) is 23.5 Å². The van der Waals surface area contributed by atoms with Crippen LogP contribution in [-0.4, -0.2) is 46.1 Å². The largest absolute Gasteiger partial charge is 0.378 e. The molecule has 0 saturated heterocycles. The average molecular weight is 706 g/mol. The summed E-state index contributed by atoms with van der Waals surface area (Å²) in [5, 5.41) is 18.3. The van der Waals surface area contributed by atoms with E-state index in [-0.39, 0.29) is 34.4 Å². The van der Waals surface area contributed by atoms with E-state index in [2.05, 4.69) is 27.0 Å². The minimum atomic E-state index is -3.72. The third-order valence-electron chi connectivity index (χ3n) is 7.63. The van der Waals surface area contributed by atoms with Crippen LogP contribution in [0.15, 0.2) is 72.8 Å². The summed E-state index contributed by atoms with van der Waals surface area (Å²) in [5.74, 6) is 3.10. The average Bonchev–Trinajstić information content (AvgIpc) is 3.33. The minimum Gasteiger partial charge on any atom is -0.378 e. The Morgan fingerprint density at radius 2 is 1.69 bits per heavy atom. The first kappa shape index (κ1) is 35.5. The van der Waals surface area contributed by atoms with E-state index in [1.807, 2.05) is 30.3 Å². The Labute approximate surface area is 288 Å². The van der Waals surface area contributed by atoms with Crippen LogP contribution in [0.2, 0.25) is 5.02 Å². The molecular weight excluding hydrogens is 672 g/mol. The summed E-state index contributed by atoms with van der Waals surface area (Å²) in [5.41, 5.74) is 1.71. The van der Waals surface area contributed by atoms with Crippen LogP contribution in [0.25, 0.3) is 22.0 Å². The first-order chi connectivity index (χ1) is 23.0. The molecule has 0 radical (unpaired) electrons. The molecule has 0 aliphatic heterocycles. The number of aliphatic hydroxyl groups is 1. The Balaban J connectivity index is 1.75. The molecule has 254 valence electrons. The molecule has 13 heteroatoms. The van der Waals surface area contributed by atoms with Crippen LogP contribution >= 0.6 is 11.6 Å². The van der Waals surface area contributed by atoms with Gasteiger partial charge in [0.2, 0.25) is 15.9 Å². The molecule has 2 atom stereocenters. The number of nitrogens with zero attached hydrogens (tertiary/aromatic N) is 3. The highest BCUT2D eigenvalue weighted by Crippen LogP contribution is 2.40. The number of nitrogens with one attached hydrogen (secondary N) is 2. The van der Waals surface area contributed by atoms with Crippen LogP contribution in [0.1, 0.15) is 55.2 Å². The molecule has 5 aromatic rings. The van der Waals surface area contributed by atoms with Gasteiger partial charge in [0, 0.05) is 24.2 Å². The maximum absolute atomic E-state index is 14.4. The summed E-state index contributed by atoms with van der Waals surface area (Å²) < 4.78 is 57.1. The van der Waals surface area contributed by atoms with Crippen LogP contribution < -0.4 is 10.0 Å². The van der Waals surface area contributed by atoms with Gasteiger partial charge in [0.1, 0.15) is 22.9 Å². The van der Waals surface area contributed by atoms with Gasteiger partial charge in [-0.1, -0.05) is 53.9 Å². The Morgan fingerprint density at radius 1 is 1.04 bits per heavy atom. The zero-order valence-corrected chi connectivity index (χ0v) is 28.9. The van der Waals surface area contributed by atoms with Crippen LogP contribution in [-0.2, 0) is 28.3 Å². The van der Waals surface area contributed by atoms with Crippen LogP contribution in [0.4, 0.5) is 14.6 Å². The zero-order valence-electron chi connectivity index (χ0n) is 27.3. The van der Waals surface area contributed by atoms with Gasteiger partial charge in [0.15, 0.2) is 5.82 Å². The van der Waals surface area contributed by atoms with Gasteiger partial charge in [0.25, 0.3) is 0 Å². The minimum absolute atomic E-state index is 0.0193. The van der Waals surface area contributed by atoms with Gasteiger partial charge < -0.3 is 10.4 Å². The van der Waals surface area contributed by atoms with Crippen molar-refractivity contribution in [3.8, 4) is 23.0 Å². The number of carbonyl (C=O) groups is 1. The normalized spacial score (nSPS) is 13.0. The van der Waals surface area contributed by atoms with E-state index < -0.39 is 39.2 Å². The number of benzene rings is 3. The third kappa shape index (κ3) is 8.61. The number of halogens is 3. The second kappa shape index (κ2) is 14.0. The predicted octanol–water partition coefficient (Wildman–Crippen LogP) is 6.26. The second-order valence-electron chi connectivity index (χ2n) is 12.3. The van der Waals surface area contributed by atoms with Gasteiger partial charge in [-0.2, -0.15) is 5.10 Å². The fourth-order valence-electron chi connectivity index (χ4n) is 5.47. The number of sulfonamides is 1. The van der Waals surface area contributed by atoms with Gasteiger partial charge in [-0.15, -0.1) is 0 Å².